The summed E-state index contributed by atoms with van der Waals surface area (Å²) < 4.78 is 6.50. The zero-order valence-electron chi connectivity index (χ0n) is 10.1. The van der Waals surface area contributed by atoms with Gasteiger partial charge in [-0.25, -0.2) is 0 Å². The van der Waals surface area contributed by atoms with Gasteiger partial charge in [-0.05, 0) is 29.8 Å². The Morgan fingerprint density at radius 2 is 1.95 bits per heavy atom. The second-order valence-electron chi connectivity index (χ2n) is 3.97. The average Bonchev–Trinajstić information content (AvgIpc) is 2.46. The second-order valence-corrected chi connectivity index (χ2v) is 4.82. The highest BCUT2D eigenvalue weighted by molar-refractivity contribution is 9.10. The van der Waals surface area contributed by atoms with Gasteiger partial charge in [0.25, 0.3) is 0 Å². The van der Waals surface area contributed by atoms with Crippen molar-refractivity contribution in [1.29, 1.82) is 5.26 Å². The molecule has 3 nitrogen and oxygen atoms in total. The Morgan fingerprint density at radius 3 is 2.68 bits per heavy atom. The van der Waals surface area contributed by atoms with Crippen LogP contribution in [0.1, 0.15) is 16.7 Å². The van der Waals surface area contributed by atoms with Crippen molar-refractivity contribution < 1.29 is 9.84 Å². The largest absolute Gasteiger partial charge is 0.489 e. The van der Waals surface area contributed by atoms with E-state index in [2.05, 4.69) is 22.0 Å². The first-order valence-corrected chi connectivity index (χ1v) is 6.54. The third kappa shape index (κ3) is 3.34. The maximum absolute atomic E-state index is 9.18. The molecule has 19 heavy (non-hydrogen) atoms. The minimum absolute atomic E-state index is 0.0490. The van der Waals surface area contributed by atoms with E-state index < -0.39 is 0 Å². The Balaban J connectivity index is 2.13. The molecule has 0 aromatic heterocycles. The highest BCUT2D eigenvalue weighted by Gasteiger charge is 2.04. The third-order valence-corrected chi connectivity index (χ3v) is 3.49. The third-order valence-electron chi connectivity index (χ3n) is 2.72. The van der Waals surface area contributed by atoms with E-state index in [0.717, 1.165) is 15.6 Å². The standard InChI is InChI=1S/C15H12BrNO2/c16-15-6-5-14(7-13(15)9-18)19-10-12-4-2-1-3-11(12)8-17/h1-7,18H,9-10H2. The van der Waals surface area contributed by atoms with E-state index in [-0.39, 0.29) is 6.61 Å². The number of aliphatic hydroxyl groups excluding tert-OH is 1. The summed E-state index contributed by atoms with van der Waals surface area (Å²) in [5.41, 5.74) is 2.23. The number of nitrogens with zero attached hydrogens (tertiary/aromatic N) is 1. The van der Waals surface area contributed by atoms with Crippen molar-refractivity contribution in [3.05, 3.63) is 63.6 Å². The zero-order chi connectivity index (χ0) is 13.7. The monoisotopic (exact) mass is 317 g/mol. The summed E-state index contributed by atoms with van der Waals surface area (Å²) in [6.45, 7) is 0.281. The summed E-state index contributed by atoms with van der Waals surface area (Å²) in [6.07, 6.45) is 0. The Morgan fingerprint density at radius 1 is 1.16 bits per heavy atom. The molecule has 0 atom stereocenters. The van der Waals surface area contributed by atoms with Gasteiger partial charge < -0.3 is 9.84 Å². The lowest BCUT2D eigenvalue weighted by atomic mass is 10.1. The van der Waals surface area contributed by atoms with Crippen molar-refractivity contribution in [2.24, 2.45) is 0 Å². The number of rotatable bonds is 4. The Kier molecular flexibility index (Phi) is 4.56. The maximum Gasteiger partial charge on any atom is 0.120 e. The van der Waals surface area contributed by atoms with Crippen LogP contribution in [0, 0.1) is 11.3 Å². The van der Waals surface area contributed by atoms with Crippen LogP contribution in [0.25, 0.3) is 0 Å². The number of halogens is 1. The van der Waals surface area contributed by atoms with E-state index in [0.29, 0.717) is 17.9 Å². The molecule has 0 amide bonds. The van der Waals surface area contributed by atoms with Crippen LogP contribution in [0.5, 0.6) is 5.75 Å². The van der Waals surface area contributed by atoms with Crippen molar-refractivity contribution in [1.82, 2.24) is 0 Å². The number of hydrogen-bond acceptors (Lipinski definition) is 3. The maximum atomic E-state index is 9.18. The lowest BCUT2D eigenvalue weighted by molar-refractivity contribution is 0.277. The van der Waals surface area contributed by atoms with Gasteiger partial charge in [-0.15, -0.1) is 0 Å². The summed E-state index contributed by atoms with van der Waals surface area (Å²) in [6, 6.07) is 14.9. The van der Waals surface area contributed by atoms with Crippen LogP contribution in [0.2, 0.25) is 0 Å². The molecule has 0 saturated carbocycles. The van der Waals surface area contributed by atoms with Crippen molar-refractivity contribution >= 4 is 15.9 Å². The summed E-state index contributed by atoms with van der Waals surface area (Å²) in [4.78, 5) is 0. The molecule has 0 heterocycles. The molecule has 0 saturated heterocycles. The Hall–Kier alpha value is -1.83. The fourth-order valence-electron chi connectivity index (χ4n) is 1.68. The zero-order valence-corrected chi connectivity index (χ0v) is 11.7. The van der Waals surface area contributed by atoms with E-state index in [1.807, 2.05) is 30.3 Å². The van der Waals surface area contributed by atoms with Crippen LogP contribution in [0.15, 0.2) is 46.9 Å². The van der Waals surface area contributed by atoms with Crippen LogP contribution < -0.4 is 4.74 Å². The molecule has 2 rings (SSSR count). The second kappa shape index (κ2) is 6.37. The van der Waals surface area contributed by atoms with Crippen LogP contribution in [-0.4, -0.2) is 5.11 Å². The molecule has 1 N–H and O–H groups in total. The molecule has 0 aliphatic heterocycles. The molecule has 0 aliphatic rings. The Bertz CT molecular complexity index is 620. The first-order chi connectivity index (χ1) is 9.24. The molecule has 2 aromatic rings. The van der Waals surface area contributed by atoms with Crippen LogP contribution >= 0.6 is 15.9 Å². The smallest absolute Gasteiger partial charge is 0.120 e. The van der Waals surface area contributed by atoms with Gasteiger partial charge in [0.05, 0.1) is 18.2 Å². The van der Waals surface area contributed by atoms with Crippen molar-refractivity contribution in [2.45, 2.75) is 13.2 Å². The van der Waals surface area contributed by atoms with E-state index in [4.69, 9.17) is 10.00 Å². The molecular weight excluding hydrogens is 306 g/mol. The summed E-state index contributed by atoms with van der Waals surface area (Å²) in [5.74, 6) is 0.667. The van der Waals surface area contributed by atoms with Gasteiger partial charge in [0.1, 0.15) is 12.4 Å². The van der Waals surface area contributed by atoms with Gasteiger partial charge in [-0.1, -0.05) is 34.1 Å². The molecular formula is C15H12BrNO2. The van der Waals surface area contributed by atoms with Crippen molar-refractivity contribution in [3.63, 3.8) is 0 Å². The summed E-state index contributed by atoms with van der Waals surface area (Å²) >= 11 is 3.35. The highest BCUT2D eigenvalue weighted by Crippen LogP contribution is 2.23. The molecule has 0 radical (unpaired) electrons. The van der Waals surface area contributed by atoms with Crippen molar-refractivity contribution in [2.75, 3.05) is 0 Å². The number of hydrogen-bond donors (Lipinski definition) is 1. The number of aliphatic hydroxyl groups is 1. The minimum atomic E-state index is -0.0490. The molecule has 4 heteroatoms. The average molecular weight is 318 g/mol. The molecule has 2 aromatic carbocycles. The molecule has 0 bridgehead atoms. The summed E-state index contributed by atoms with van der Waals surface area (Å²) in [7, 11) is 0. The van der Waals surface area contributed by atoms with Crippen molar-refractivity contribution in [3.8, 4) is 11.8 Å². The number of ether oxygens (including phenoxy) is 1. The molecule has 0 spiro atoms. The van der Waals surface area contributed by atoms with Gasteiger partial charge in [0, 0.05) is 10.0 Å². The lowest BCUT2D eigenvalue weighted by Crippen LogP contribution is -1.99. The van der Waals surface area contributed by atoms with Gasteiger partial charge in [0.2, 0.25) is 0 Å². The first-order valence-electron chi connectivity index (χ1n) is 5.74. The van der Waals surface area contributed by atoms with Gasteiger partial charge in [-0.3, -0.25) is 0 Å². The van der Waals surface area contributed by atoms with Gasteiger partial charge in [0.15, 0.2) is 0 Å². The number of nitriles is 1. The van der Waals surface area contributed by atoms with E-state index in [9.17, 15) is 5.11 Å². The predicted octanol–water partition coefficient (Wildman–Crippen LogP) is 3.39. The van der Waals surface area contributed by atoms with Gasteiger partial charge >= 0.3 is 0 Å². The summed E-state index contributed by atoms with van der Waals surface area (Å²) in [5, 5.41) is 18.2. The molecule has 0 unspecified atom stereocenters. The van der Waals surface area contributed by atoms with Gasteiger partial charge in [-0.2, -0.15) is 5.26 Å². The molecule has 0 aliphatic carbocycles. The van der Waals surface area contributed by atoms with Crippen LogP contribution in [0.3, 0.4) is 0 Å². The Labute approximate surface area is 120 Å². The van der Waals surface area contributed by atoms with E-state index in [1.54, 1.807) is 12.1 Å². The van der Waals surface area contributed by atoms with Crippen LogP contribution in [0.4, 0.5) is 0 Å². The quantitative estimate of drug-likeness (QED) is 0.940. The number of benzene rings is 2. The van der Waals surface area contributed by atoms with E-state index in [1.165, 1.54) is 0 Å². The molecule has 96 valence electrons. The topological polar surface area (TPSA) is 53.2 Å². The molecule has 0 fully saturated rings. The predicted molar refractivity (Wildman–Crippen MR) is 75.6 cm³/mol. The first kappa shape index (κ1) is 13.6. The minimum Gasteiger partial charge on any atom is -0.489 e. The fourth-order valence-corrected chi connectivity index (χ4v) is 2.05. The lowest BCUT2D eigenvalue weighted by Gasteiger charge is -2.09. The highest BCUT2D eigenvalue weighted by atomic mass is 79.9. The van der Waals surface area contributed by atoms with Crippen LogP contribution in [-0.2, 0) is 13.2 Å². The fraction of sp³-hybridized carbons (Fsp3) is 0.133. The normalized spacial score (nSPS) is 9.95. The SMILES string of the molecule is N#Cc1ccccc1COc1ccc(Br)c(CO)c1. The van der Waals surface area contributed by atoms with E-state index >= 15 is 0 Å².